The second-order valence-corrected chi connectivity index (χ2v) is 14.9. The number of alkyl halides is 1. The minimum atomic E-state index is -0.562. The molecule has 4 N–H and O–H groups in total. The van der Waals surface area contributed by atoms with Crippen LogP contribution in [0.4, 0.5) is 11.4 Å². The Hall–Kier alpha value is -2.62. The standard InChI is InChI=1S/C14H18BrNO3.C11H15BrO.C8H10BrN.C4H6O3.C2H5BrO.2CH4/c1-9-7-13(8-10(2)14(9)15)16(11(3)17)5-6-19-12(4)18;1-8-6-10(4-3-5-13)7-9(2)11(8)12;1-5-3-7(10)4-6(2)8(5)9;1-3(5)7-4(2)6;3-1-2-4;;/h7-8H,5-6H2,1-4H3;6-7,13H,3-5H2,1-2H3;3-4H,10H2,1-2H3;1-2H3;4H,1-2H2;2*1H4. The normalized spacial score (nSPS) is 9.31. The highest BCUT2D eigenvalue weighted by Gasteiger charge is 2.14. The minimum absolute atomic E-state index is 0. The van der Waals surface area contributed by atoms with Gasteiger partial charge in [-0.05, 0) is 118 Å². The lowest BCUT2D eigenvalue weighted by Crippen LogP contribution is -2.32. The van der Waals surface area contributed by atoms with Crippen LogP contribution in [-0.4, -0.2) is 65.7 Å². The van der Waals surface area contributed by atoms with Gasteiger partial charge in [-0.2, -0.15) is 0 Å². The Morgan fingerprint density at radius 2 is 1.02 bits per heavy atom. The Balaban J connectivity index is -0.000000317. The van der Waals surface area contributed by atoms with Crippen molar-refractivity contribution in [1.29, 1.82) is 0 Å². The number of aliphatic hydroxyl groups excluding tert-OH is 2. The molecule has 3 aromatic rings. The summed E-state index contributed by atoms with van der Waals surface area (Å²) in [5.41, 5.74) is 15.6. The van der Waals surface area contributed by atoms with Crippen molar-refractivity contribution in [3.05, 3.63) is 88.8 Å². The molecule has 0 bridgehead atoms. The molecule has 0 spiro atoms. The number of nitrogens with two attached hydrogens (primary N) is 1. The largest absolute Gasteiger partial charge is 0.464 e. The van der Waals surface area contributed by atoms with Crippen LogP contribution in [0.1, 0.15) is 87.9 Å². The molecule has 0 aliphatic carbocycles. The lowest BCUT2D eigenvalue weighted by molar-refractivity contribution is -0.156. The number of ether oxygens (including phenoxy) is 2. The second kappa shape index (κ2) is 32.5. The van der Waals surface area contributed by atoms with Crippen LogP contribution < -0.4 is 10.6 Å². The summed E-state index contributed by atoms with van der Waals surface area (Å²) in [6.45, 7) is 18.5. The first-order valence-electron chi connectivity index (χ1n) is 16.6. The lowest BCUT2D eigenvalue weighted by atomic mass is 10.0. The number of esters is 3. The molecule has 55 heavy (non-hydrogen) atoms. The second-order valence-electron chi connectivity index (χ2n) is 11.7. The smallest absolute Gasteiger partial charge is 0.310 e. The van der Waals surface area contributed by atoms with E-state index in [2.05, 4.69) is 94.4 Å². The van der Waals surface area contributed by atoms with Gasteiger partial charge in [-0.15, -0.1) is 0 Å². The van der Waals surface area contributed by atoms with Crippen LogP contribution in [0, 0.1) is 41.5 Å². The summed E-state index contributed by atoms with van der Waals surface area (Å²) in [5, 5.41) is 17.2. The number of benzene rings is 3. The van der Waals surface area contributed by atoms with Gasteiger partial charge in [0, 0.05) is 64.4 Å². The molecule has 0 saturated heterocycles. The number of aliphatic hydroxyl groups is 2. The number of amides is 1. The number of aryl methyl sites for hydroxylation is 7. The fourth-order valence-electron chi connectivity index (χ4n) is 4.47. The molecule has 1 amide bonds. The SMILES string of the molecule is C.C.CC(=O)OC(C)=O.CC(=O)OCCN(C(C)=O)c1cc(C)c(Br)c(C)c1.Cc1cc(CCCO)cc(C)c1Br.Cc1cc(N)cc(C)c1Br.OCCBr. The lowest BCUT2D eigenvalue weighted by Gasteiger charge is -2.22. The predicted octanol–water partition coefficient (Wildman–Crippen LogP) is 10.4. The van der Waals surface area contributed by atoms with Crippen LogP contribution in [0.5, 0.6) is 0 Å². The van der Waals surface area contributed by atoms with E-state index in [-0.39, 0.29) is 46.6 Å². The van der Waals surface area contributed by atoms with E-state index in [1.807, 2.05) is 52.0 Å². The van der Waals surface area contributed by atoms with E-state index in [9.17, 15) is 19.2 Å². The molecule has 0 radical (unpaired) electrons. The summed E-state index contributed by atoms with van der Waals surface area (Å²) in [7, 11) is 0. The van der Waals surface area contributed by atoms with Crippen molar-refractivity contribution in [3.8, 4) is 0 Å². The van der Waals surface area contributed by atoms with Gasteiger partial charge >= 0.3 is 17.9 Å². The van der Waals surface area contributed by atoms with Gasteiger partial charge in [0.15, 0.2) is 0 Å². The quantitative estimate of drug-likeness (QED) is 0.0865. The molecule has 0 saturated carbocycles. The number of halogens is 4. The zero-order valence-electron chi connectivity index (χ0n) is 32.3. The number of hydrogen-bond donors (Lipinski definition) is 3. The highest BCUT2D eigenvalue weighted by Crippen LogP contribution is 2.27. The van der Waals surface area contributed by atoms with E-state index in [1.165, 1.54) is 60.0 Å². The molecule has 10 nitrogen and oxygen atoms in total. The summed E-state index contributed by atoms with van der Waals surface area (Å²) in [5.74, 6) is -1.54. The Bertz CT molecular complexity index is 1550. The van der Waals surface area contributed by atoms with Gasteiger partial charge in [-0.1, -0.05) is 90.7 Å². The minimum Gasteiger partial charge on any atom is -0.464 e. The van der Waals surface area contributed by atoms with Crippen molar-refractivity contribution in [1.82, 2.24) is 0 Å². The van der Waals surface area contributed by atoms with Gasteiger partial charge in [-0.25, -0.2) is 0 Å². The topological polar surface area (TPSA) is 156 Å². The average Bonchev–Trinajstić information content (AvgIpc) is 3.05. The Labute approximate surface area is 363 Å². The van der Waals surface area contributed by atoms with E-state index >= 15 is 0 Å². The maximum absolute atomic E-state index is 11.7. The summed E-state index contributed by atoms with van der Waals surface area (Å²) in [6.07, 6.45) is 1.81. The fraction of sp³-hybridized carbons (Fsp3) is 0.463. The zero-order chi connectivity index (χ0) is 41.4. The summed E-state index contributed by atoms with van der Waals surface area (Å²) in [6, 6.07) is 12.1. The summed E-state index contributed by atoms with van der Waals surface area (Å²) >= 11 is 13.5. The van der Waals surface area contributed by atoms with Crippen LogP contribution in [-0.2, 0) is 35.1 Å². The summed E-state index contributed by atoms with van der Waals surface area (Å²) < 4.78 is 12.2. The first kappa shape index (κ1) is 59.1. The molecule has 0 fully saturated rings. The molecule has 0 aromatic heterocycles. The van der Waals surface area contributed by atoms with Gasteiger partial charge in [-0.3, -0.25) is 19.2 Å². The molecule has 0 heterocycles. The van der Waals surface area contributed by atoms with E-state index in [1.54, 1.807) is 4.90 Å². The fourth-order valence-corrected chi connectivity index (χ4v) is 5.16. The molecule has 0 unspecified atom stereocenters. The van der Waals surface area contributed by atoms with E-state index < -0.39 is 11.9 Å². The van der Waals surface area contributed by atoms with Gasteiger partial charge in [0.1, 0.15) is 6.61 Å². The van der Waals surface area contributed by atoms with Gasteiger partial charge < -0.3 is 30.3 Å². The van der Waals surface area contributed by atoms with Crippen molar-refractivity contribution < 1.29 is 38.9 Å². The molecule has 312 valence electrons. The number of rotatable bonds is 8. The van der Waals surface area contributed by atoms with Gasteiger partial charge in [0.2, 0.25) is 5.91 Å². The van der Waals surface area contributed by atoms with Gasteiger partial charge in [0.05, 0.1) is 13.2 Å². The molecule has 14 heteroatoms. The van der Waals surface area contributed by atoms with Crippen LogP contribution in [0.25, 0.3) is 0 Å². The first-order chi connectivity index (χ1) is 24.6. The molecule has 3 aromatic carbocycles. The van der Waals surface area contributed by atoms with Crippen LogP contribution in [0.15, 0.2) is 49.8 Å². The van der Waals surface area contributed by atoms with Crippen molar-refractivity contribution in [2.75, 3.05) is 42.3 Å². The number of nitrogen functional groups attached to an aromatic ring is 1. The Morgan fingerprint density at radius 3 is 1.31 bits per heavy atom. The third-order valence-corrected chi connectivity index (χ3v) is 10.8. The van der Waals surface area contributed by atoms with E-state index in [0.717, 1.165) is 44.3 Å². The molecule has 0 aliphatic rings. The number of nitrogens with zero attached hydrogens (tertiary/aromatic N) is 1. The van der Waals surface area contributed by atoms with Crippen molar-refractivity contribution >= 4 is 98.9 Å². The zero-order valence-corrected chi connectivity index (χ0v) is 38.6. The number of carbonyl (C=O) groups excluding carboxylic acids is 4. The average molecular weight is 1030 g/mol. The van der Waals surface area contributed by atoms with Crippen LogP contribution in [0.2, 0.25) is 0 Å². The Morgan fingerprint density at radius 1 is 0.655 bits per heavy atom. The molecule has 0 atom stereocenters. The van der Waals surface area contributed by atoms with Gasteiger partial charge in [0.25, 0.3) is 0 Å². The molecular weight excluding hydrogens is 968 g/mol. The number of hydrogen-bond acceptors (Lipinski definition) is 9. The first-order valence-corrected chi connectivity index (χ1v) is 20.1. The highest BCUT2D eigenvalue weighted by atomic mass is 79.9. The number of anilines is 2. The molecule has 3 rings (SSSR count). The van der Waals surface area contributed by atoms with E-state index in [0.29, 0.717) is 11.9 Å². The summed E-state index contributed by atoms with van der Waals surface area (Å²) in [4.78, 5) is 43.7. The van der Waals surface area contributed by atoms with Crippen LogP contribution in [0.3, 0.4) is 0 Å². The third-order valence-electron chi connectivity index (χ3n) is 6.68. The van der Waals surface area contributed by atoms with E-state index in [4.69, 9.17) is 20.7 Å². The van der Waals surface area contributed by atoms with Crippen molar-refractivity contribution in [2.45, 2.75) is 96.9 Å². The predicted molar refractivity (Wildman–Crippen MR) is 242 cm³/mol. The maximum Gasteiger partial charge on any atom is 0.310 e. The van der Waals surface area contributed by atoms with Crippen molar-refractivity contribution in [2.24, 2.45) is 0 Å². The highest BCUT2D eigenvalue weighted by molar-refractivity contribution is 9.11. The maximum atomic E-state index is 11.7. The molecule has 0 aliphatic heterocycles. The Kier molecular flexibility index (Phi) is 34.9. The number of carbonyl (C=O) groups is 4. The third kappa shape index (κ3) is 26.8. The van der Waals surface area contributed by atoms with Crippen molar-refractivity contribution in [3.63, 3.8) is 0 Å². The van der Waals surface area contributed by atoms with Crippen LogP contribution >= 0.6 is 63.7 Å². The monoisotopic (exact) mass is 1030 g/mol. The molecular formula is C41H62Br4N2O8.